The minimum absolute atomic E-state index is 0.233. The molecule has 2 aromatic heterocycles. The lowest BCUT2D eigenvalue weighted by Crippen LogP contribution is -2.43. The van der Waals surface area contributed by atoms with E-state index >= 15 is 0 Å². The van der Waals surface area contributed by atoms with Gasteiger partial charge in [-0.25, -0.2) is 24.3 Å². The average molecular weight is 413 g/mol. The molecule has 7 nitrogen and oxygen atoms in total. The SMILES string of the molecule is C=C1c2c(F)cccc2N=C([C@H](CC)Nc2ncnc3[nH]cnc23)N1c1ccccc1. The van der Waals surface area contributed by atoms with Crippen LogP contribution in [0.25, 0.3) is 16.9 Å². The number of halogens is 1. The summed E-state index contributed by atoms with van der Waals surface area (Å²) in [5, 5.41) is 3.45. The van der Waals surface area contributed by atoms with E-state index in [-0.39, 0.29) is 11.9 Å². The van der Waals surface area contributed by atoms with Gasteiger partial charge in [0.15, 0.2) is 11.5 Å². The first-order chi connectivity index (χ1) is 15.2. The molecule has 0 bridgehead atoms. The number of H-pyrrole nitrogens is 1. The molecule has 31 heavy (non-hydrogen) atoms. The summed E-state index contributed by atoms with van der Waals surface area (Å²) in [5.74, 6) is 0.963. The van der Waals surface area contributed by atoms with Gasteiger partial charge in [0.05, 0.1) is 29.3 Å². The number of hydrogen-bond donors (Lipinski definition) is 2. The zero-order valence-corrected chi connectivity index (χ0v) is 16.9. The van der Waals surface area contributed by atoms with E-state index in [9.17, 15) is 4.39 Å². The fraction of sp³-hybridized carbons (Fsp3) is 0.130. The number of aromatic amines is 1. The van der Waals surface area contributed by atoms with Gasteiger partial charge in [-0.2, -0.15) is 0 Å². The van der Waals surface area contributed by atoms with E-state index in [1.807, 2.05) is 35.2 Å². The number of fused-ring (bicyclic) bond motifs is 2. The maximum atomic E-state index is 14.7. The topological polar surface area (TPSA) is 82.1 Å². The largest absolute Gasteiger partial charge is 0.358 e. The first-order valence-corrected chi connectivity index (χ1v) is 9.99. The fourth-order valence-electron chi connectivity index (χ4n) is 3.80. The second kappa shape index (κ2) is 7.64. The Morgan fingerprint density at radius 3 is 2.74 bits per heavy atom. The zero-order valence-electron chi connectivity index (χ0n) is 16.9. The molecule has 8 heteroatoms. The number of nitrogens with zero attached hydrogens (tertiary/aromatic N) is 5. The Balaban J connectivity index is 1.64. The predicted molar refractivity (Wildman–Crippen MR) is 121 cm³/mol. The van der Waals surface area contributed by atoms with Crippen LogP contribution < -0.4 is 10.2 Å². The number of anilines is 2. The standard InChI is InChI=1S/C23H20FN7/c1-3-17(29-22-20-21(26-12-25-20)27-13-28-22)23-30-18-11-7-10-16(24)19(18)14(2)31(23)15-8-5-4-6-9-15/h4-13,17H,2-3H2,1H3,(H2,25,26,27,28,29)/t17-/m0/s1. The lowest BCUT2D eigenvalue weighted by Gasteiger charge is -2.36. The molecule has 0 unspecified atom stereocenters. The molecule has 1 atom stereocenters. The molecule has 0 fully saturated rings. The highest BCUT2D eigenvalue weighted by Crippen LogP contribution is 2.39. The lowest BCUT2D eigenvalue weighted by atomic mass is 10.0. The first kappa shape index (κ1) is 18.9. The number of benzene rings is 2. The Morgan fingerprint density at radius 2 is 1.94 bits per heavy atom. The highest BCUT2D eigenvalue weighted by atomic mass is 19.1. The molecule has 4 aromatic rings. The van der Waals surface area contributed by atoms with Crippen molar-refractivity contribution in [2.75, 3.05) is 10.2 Å². The van der Waals surface area contributed by atoms with Crippen molar-refractivity contribution in [2.24, 2.45) is 4.99 Å². The van der Waals surface area contributed by atoms with Crippen molar-refractivity contribution < 1.29 is 4.39 Å². The second-order valence-corrected chi connectivity index (χ2v) is 7.15. The molecule has 0 spiro atoms. The minimum atomic E-state index is -0.346. The third-order valence-electron chi connectivity index (χ3n) is 5.28. The average Bonchev–Trinajstić information content (AvgIpc) is 3.27. The maximum Gasteiger partial charge on any atom is 0.162 e. The summed E-state index contributed by atoms with van der Waals surface area (Å²) in [7, 11) is 0. The Kier molecular flexibility index (Phi) is 4.66. The summed E-state index contributed by atoms with van der Waals surface area (Å²) in [6.45, 7) is 6.28. The van der Waals surface area contributed by atoms with E-state index in [0.717, 1.165) is 5.69 Å². The van der Waals surface area contributed by atoms with Crippen LogP contribution in [-0.2, 0) is 0 Å². The van der Waals surface area contributed by atoms with Gasteiger partial charge in [-0.15, -0.1) is 0 Å². The maximum absolute atomic E-state index is 14.7. The molecule has 0 amide bonds. The van der Waals surface area contributed by atoms with Crippen molar-refractivity contribution >= 4 is 39.9 Å². The molecule has 1 aliphatic rings. The van der Waals surface area contributed by atoms with Crippen LogP contribution in [0, 0.1) is 5.82 Å². The zero-order chi connectivity index (χ0) is 21.4. The number of aromatic nitrogens is 4. The molecule has 0 saturated heterocycles. The molecular formula is C23H20FN7. The summed E-state index contributed by atoms with van der Waals surface area (Å²) in [5.41, 5.74) is 3.65. The smallest absolute Gasteiger partial charge is 0.162 e. The van der Waals surface area contributed by atoms with Gasteiger partial charge >= 0.3 is 0 Å². The molecule has 1 aliphatic heterocycles. The van der Waals surface area contributed by atoms with E-state index in [1.165, 1.54) is 12.4 Å². The van der Waals surface area contributed by atoms with Crippen LogP contribution in [0.4, 0.5) is 21.6 Å². The van der Waals surface area contributed by atoms with Gasteiger partial charge in [-0.1, -0.05) is 37.8 Å². The molecule has 0 aliphatic carbocycles. The van der Waals surface area contributed by atoms with Crippen LogP contribution in [0.1, 0.15) is 18.9 Å². The quantitative estimate of drug-likeness (QED) is 0.486. The summed E-state index contributed by atoms with van der Waals surface area (Å²) < 4.78 is 14.7. The lowest BCUT2D eigenvalue weighted by molar-refractivity contribution is 0.623. The predicted octanol–water partition coefficient (Wildman–Crippen LogP) is 4.90. The van der Waals surface area contributed by atoms with Gasteiger partial charge in [0.1, 0.15) is 23.5 Å². The number of amidine groups is 1. The van der Waals surface area contributed by atoms with Crippen molar-refractivity contribution in [3.8, 4) is 0 Å². The third kappa shape index (κ3) is 3.22. The van der Waals surface area contributed by atoms with Crippen LogP contribution in [0.15, 0.2) is 72.8 Å². The third-order valence-corrected chi connectivity index (χ3v) is 5.28. The van der Waals surface area contributed by atoms with E-state index in [2.05, 4.69) is 38.8 Å². The van der Waals surface area contributed by atoms with Crippen LogP contribution in [0.3, 0.4) is 0 Å². The summed E-state index contributed by atoms with van der Waals surface area (Å²) in [6.07, 6.45) is 3.77. The van der Waals surface area contributed by atoms with Crippen LogP contribution >= 0.6 is 0 Å². The van der Waals surface area contributed by atoms with Gasteiger partial charge in [-0.3, -0.25) is 4.90 Å². The van der Waals surface area contributed by atoms with Crippen LogP contribution in [-0.4, -0.2) is 31.8 Å². The van der Waals surface area contributed by atoms with Crippen LogP contribution in [0.5, 0.6) is 0 Å². The van der Waals surface area contributed by atoms with Gasteiger partial charge in [0.25, 0.3) is 0 Å². The summed E-state index contributed by atoms with van der Waals surface area (Å²) in [4.78, 5) is 22.6. The number of imidazole rings is 1. The van der Waals surface area contributed by atoms with Crippen molar-refractivity contribution in [3.63, 3.8) is 0 Å². The highest BCUT2D eigenvalue weighted by molar-refractivity contribution is 6.16. The normalized spacial score (nSPS) is 14.3. The van der Waals surface area contributed by atoms with Crippen molar-refractivity contribution in [1.82, 2.24) is 19.9 Å². The van der Waals surface area contributed by atoms with Gasteiger partial charge in [-0.05, 0) is 30.7 Å². The number of para-hydroxylation sites is 1. The first-order valence-electron chi connectivity index (χ1n) is 9.99. The Morgan fingerprint density at radius 1 is 1.10 bits per heavy atom. The summed E-state index contributed by atoms with van der Waals surface area (Å²) >= 11 is 0. The van der Waals surface area contributed by atoms with E-state index < -0.39 is 0 Å². The Bertz CT molecular complexity index is 1300. The number of nitrogens with one attached hydrogen (secondary N) is 2. The highest BCUT2D eigenvalue weighted by Gasteiger charge is 2.32. The molecule has 2 aromatic carbocycles. The number of rotatable bonds is 5. The van der Waals surface area contributed by atoms with Crippen LogP contribution in [0.2, 0.25) is 0 Å². The van der Waals surface area contributed by atoms with Gasteiger partial charge in [0.2, 0.25) is 0 Å². The van der Waals surface area contributed by atoms with Crippen molar-refractivity contribution in [2.45, 2.75) is 19.4 Å². The molecule has 154 valence electrons. The molecular weight excluding hydrogens is 393 g/mol. The molecule has 5 rings (SSSR count). The van der Waals surface area contributed by atoms with Gasteiger partial charge < -0.3 is 10.3 Å². The molecule has 3 heterocycles. The monoisotopic (exact) mass is 413 g/mol. The van der Waals surface area contributed by atoms with Gasteiger partial charge in [0, 0.05) is 5.69 Å². The van der Waals surface area contributed by atoms with E-state index in [1.54, 1.807) is 18.5 Å². The molecule has 0 radical (unpaired) electrons. The fourth-order valence-corrected chi connectivity index (χ4v) is 3.80. The second-order valence-electron chi connectivity index (χ2n) is 7.15. The van der Waals surface area contributed by atoms with E-state index in [4.69, 9.17) is 4.99 Å². The molecule has 2 N–H and O–H groups in total. The van der Waals surface area contributed by atoms with Crippen molar-refractivity contribution in [1.29, 1.82) is 0 Å². The summed E-state index contributed by atoms with van der Waals surface area (Å²) in [6, 6.07) is 14.4. The molecule has 0 saturated carbocycles. The Labute approximate surface area is 178 Å². The number of aliphatic imine (C=N–C) groups is 1. The Hall–Kier alpha value is -4.07. The van der Waals surface area contributed by atoms with E-state index in [0.29, 0.717) is 46.2 Å². The van der Waals surface area contributed by atoms with Crippen molar-refractivity contribution in [3.05, 3.63) is 79.1 Å². The number of hydrogen-bond acceptors (Lipinski definition) is 6. The minimum Gasteiger partial charge on any atom is -0.358 e.